The van der Waals surface area contributed by atoms with Crippen LogP contribution in [0.4, 0.5) is 11.5 Å². The zero-order chi connectivity index (χ0) is 18.6. The number of fused-ring (bicyclic) bond motifs is 1. The van der Waals surface area contributed by atoms with Gasteiger partial charge in [0.05, 0.1) is 5.39 Å². The van der Waals surface area contributed by atoms with E-state index in [9.17, 15) is 5.11 Å². The summed E-state index contributed by atoms with van der Waals surface area (Å²) in [6.07, 6.45) is 1.53. The van der Waals surface area contributed by atoms with Crippen LogP contribution >= 0.6 is 11.6 Å². The molecule has 0 atom stereocenters. The summed E-state index contributed by atoms with van der Waals surface area (Å²) >= 11 is 6.05. The number of nitrogens with zero attached hydrogens (tertiary/aromatic N) is 2. The molecule has 2 heterocycles. The molecule has 0 amide bonds. The van der Waals surface area contributed by atoms with Crippen LogP contribution < -0.4 is 10.6 Å². The van der Waals surface area contributed by atoms with Crippen molar-refractivity contribution in [2.24, 2.45) is 0 Å². The smallest absolute Gasteiger partial charge is 0.143 e. The van der Waals surface area contributed by atoms with Crippen LogP contribution in [0.2, 0.25) is 5.02 Å². The minimum atomic E-state index is 0.271. The number of anilines is 2. The summed E-state index contributed by atoms with van der Waals surface area (Å²) in [5.74, 6) is 0.996. The monoisotopic (exact) mass is 379 g/mol. The number of rotatable bonds is 6. The highest BCUT2D eigenvalue weighted by Crippen LogP contribution is 2.25. The predicted molar refractivity (Wildman–Crippen MR) is 107 cm³/mol. The molecule has 0 saturated heterocycles. The van der Waals surface area contributed by atoms with E-state index in [1.807, 2.05) is 42.5 Å². The Morgan fingerprint density at radius 3 is 2.67 bits per heavy atom. The molecule has 0 bridgehead atoms. The summed E-state index contributed by atoms with van der Waals surface area (Å²) in [5, 5.41) is 17.6. The Bertz CT molecular complexity index is 1060. The molecule has 7 heteroatoms. The lowest BCUT2D eigenvalue weighted by Crippen LogP contribution is -2.12. The largest absolute Gasteiger partial charge is 0.508 e. The van der Waals surface area contributed by atoms with Gasteiger partial charge in [0.2, 0.25) is 0 Å². The van der Waals surface area contributed by atoms with Gasteiger partial charge in [-0.3, -0.25) is 0 Å². The Morgan fingerprint density at radius 2 is 1.85 bits per heavy atom. The van der Waals surface area contributed by atoms with Crippen LogP contribution in [0.5, 0.6) is 5.75 Å². The third-order valence-electron chi connectivity index (χ3n) is 4.15. The molecule has 0 aliphatic carbocycles. The number of hydrogen-bond acceptors (Lipinski definition) is 5. The van der Waals surface area contributed by atoms with Gasteiger partial charge in [-0.15, -0.1) is 0 Å². The van der Waals surface area contributed by atoms with Gasteiger partial charge in [0.25, 0.3) is 0 Å². The van der Waals surface area contributed by atoms with Crippen LogP contribution in [0.1, 0.15) is 11.3 Å². The molecule has 0 aliphatic heterocycles. The fourth-order valence-corrected chi connectivity index (χ4v) is 3.04. The zero-order valence-electron chi connectivity index (χ0n) is 14.4. The minimum Gasteiger partial charge on any atom is -0.508 e. The highest BCUT2D eigenvalue weighted by atomic mass is 35.5. The molecule has 0 fully saturated rings. The van der Waals surface area contributed by atoms with Crippen LogP contribution in [0.25, 0.3) is 11.0 Å². The van der Waals surface area contributed by atoms with Gasteiger partial charge in [-0.05, 0) is 42.0 Å². The Balaban J connectivity index is 1.47. The van der Waals surface area contributed by atoms with Gasteiger partial charge >= 0.3 is 0 Å². The van der Waals surface area contributed by atoms with Crippen LogP contribution in [0.3, 0.4) is 0 Å². The van der Waals surface area contributed by atoms with Crippen molar-refractivity contribution in [1.82, 2.24) is 20.3 Å². The molecule has 0 unspecified atom stereocenters. The van der Waals surface area contributed by atoms with Gasteiger partial charge in [0.1, 0.15) is 23.5 Å². The molecule has 0 saturated carbocycles. The second-order valence-corrected chi connectivity index (χ2v) is 6.62. The lowest BCUT2D eigenvalue weighted by molar-refractivity contribution is 0.475. The Kier molecular flexibility index (Phi) is 4.91. The molecular weight excluding hydrogens is 362 g/mol. The average Bonchev–Trinajstić information content (AvgIpc) is 3.07. The number of halogens is 1. The van der Waals surface area contributed by atoms with E-state index < -0.39 is 0 Å². The van der Waals surface area contributed by atoms with E-state index >= 15 is 0 Å². The van der Waals surface area contributed by atoms with Gasteiger partial charge in [-0.25, -0.2) is 9.97 Å². The number of aromatic amines is 1. The van der Waals surface area contributed by atoms with E-state index in [4.69, 9.17) is 11.6 Å². The highest BCUT2D eigenvalue weighted by Gasteiger charge is 2.08. The normalized spacial score (nSPS) is 11.0. The maximum atomic E-state index is 9.34. The first-order valence-corrected chi connectivity index (χ1v) is 8.89. The topological polar surface area (TPSA) is 85.9 Å². The molecular formula is C20H18ClN5O. The second kappa shape index (κ2) is 7.65. The number of phenols is 1. The van der Waals surface area contributed by atoms with E-state index in [2.05, 4.69) is 25.6 Å². The summed E-state index contributed by atoms with van der Waals surface area (Å²) in [7, 11) is 0. The van der Waals surface area contributed by atoms with E-state index in [1.165, 1.54) is 6.33 Å². The van der Waals surface area contributed by atoms with Gasteiger partial charge in [-0.2, -0.15) is 0 Å². The fourth-order valence-electron chi connectivity index (χ4n) is 2.85. The Hall–Kier alpha value is -3.09. The first kappa shape index (κ1) is 17.3. The number of H-pyrrole nitrogens is 1. The molecule has 2 aromatic carbocycles. The van der Waals surface area contributed by atoms with Crippen molar-refractivity contribution in [3.05, 3.63) is 77.2 Å². The maximum Gasteiger partial charge on any atom is 0.143 e. The number of nitrogens with one attached hydrogen (secondary N) is 3. The molecule has 0 aliphatic rings. The quantitative estimate of drug-likeness (QED) is 0.400. The summed E-state index contributed by atoms with van der Waals surface area (Å²) in [5.41, 5.74) is 3.76. The first-order chi connectivity index (χ1) is 13.2. The van der Waals surface area contributed by atoms with E-state index in [1.54, 1.807) is 12.1 Å². The molecule has 0 spiro atoms. The summed E-state index contributed by atoms with van der Waals surface area (Å²) < 4.78 is 0. The van der Waals surface area contributed by atoms with Gasteiger partial charge in [-0.1, -0.05) is 29.8 Å². The van der Waals surface area contributed by atoms with Gasteiger partial charge < -0.3 is 20.7 Å². The van der Waals surface area contributed by atoms with E-state index in [-0.39, 0.29) is 5.75 Å². The van der Waals surface area contributed by atoms with Crippen LogP contribution in [0, 0.1) is 0 Å². The fraction of sp³-hybridized carbons (Fsp3) is 0.100. The predicted octanol–water partition coefficient (Wildman–Crippen LogP) is 4.35. The lowest BCUT2D eigenvalue weighted by atomic mass is 10.2. The summed E-state index contributed by atoms with van der Waals surface area (Å²) in [4.78, 5) is 12.0. The minimum absolute atomic E-state index is 0.271. The molecule has 4 rings (SSSR count). The third-order valence-corrected chi connectivity index (χ3v) is 4.38. The highest BCUT2D eigenvalue weighted by molar-refractivity contribution is 6.30. The molecule has 27 heavy (non-hydrogen) atoms. The Labute approximate surface area is 161 Å². The SMILES string of the molecule is Oc1ccc(CNCc2cc3c(Nc4cccc(Cl)c4)ncnc3[nH]2)cc1. The second-order valence-electron chi connectivity index (χ2n) is 6.18. The standard InChI is InChI=1S/C20H18ClN5O/c21-14-2-1-3-15(8-14)25-19-18-9-16(26-20(18)24-12-23-19)11-22-10-13-4-6-17(27)7-5-13/h1-9,12,22,27H,10-11H2,(H2,23,24,25,26). The average molecular weight is 380 g/mol. The lowest BCUT2D eigenvalue weighted by Gasteiger charge is -2.06. The zero-order valence-corrected chi connectivity index (χ0v) is 15.2. The number of aromatic nitrogens is 3. The van der Waals surface area contributed by atoms with Gasteiger partial charge in [0.15, 0.2) is 0 Å². The molecule has 2 aromatic heterocycles. The molecule has 4 N–H and O–H groups in total. The molecule has 4 aromatic rings. The number of phenolic OH excluding ortho intramolecular Hbond substituents is 1. The van der Waals surface area contributed by atoms with Gasteiger partial charge in [0, 0.05) is 29.5 Å². The van der Waals surface area contributed by atoms with Crippen molar-refractivity contribution in [3.63, 3.8) is 0 Å². The van der Waals surface area contributed by atoms with Crippen molar-refractivity contribution < 1.29 is 5.11 Å². The van der Waals surface area contributed by atoms with Crippen LogP contribution in [0.15, 0.2) is 60.9 Å². The van der Waals surface area contributed by atoms with Crippen LogP contribution in [-0.2, 0) is 13.1 Å². The summed E-state index contributed by atoms with van der Waals surface area (Å²) in [6, 6.07) is 16.7. The molecule has 136 valence electrons. The van der Waals surface area contributed by atoms with Crippen molar-refractivity contribution in [2.45, 2.75) is 13.1 Å². The van der Waals surface area contributed by atoms with E-state index in [0.717, 1.165) is 33.8 Å². The van der Waals surface area contributed by atoms with Crippen molar-refractivity contribution in [3.8, 4) is 5.75 Å². The summed E-state index contributed by atoms with van der Waals surface area (Å²) in [6.45, 7) is 1.36. The third kappa shape index (κ3) is 4.19. The number of benzene rings is 2. The van der Waals surface area contributed by atoms with Crippen LogP contribution in [-0.4, -0.2) is 20.1 Å². The molecule has 6 nitrogen and oxygen atoms in total. The maximum absolute atomic E-state index is 9.34. The van der Waals surface area contributed by atoms with Crippen molar-refractivity contribution >= 4 is 34.1 Å². The number of aromatic hydroxyl groups is 1. The van der Waals surface area contributed by atoms with Crippen molar-refractivity contribution in [2.75, 3.05) is 5.32 Å². The molecule has 0 radical (unpaired) electrons. The van der Waals surface area contributed by atoms with Crippen molar-refractivity contribution in [1.29, 1.82) is 0 Å². The Morgan fingerprint density at radius 1 is 1.00 bits per heavy atom. The van der Waals surface area contributed by atoms with E-state index in [0.29, 0.717) is 18.1 Å². The first-order valence-electron chi connectivity index (χ1n) is 8.51. The number of hydrogen-bond donors (Lipinski definition) is 4.